The van der Waals surface area contributed by atoms with Gasteiger partial charge in [0.1, 0.15) is 6.04 Å². The van der Waals surface area contributed by atoms with E-state index in [0.29, 0.717) is 17.1 Å². The van der Waals surface area contributed by atoms with Gasteiger partial charge in [-0.1, -0.05) is 24.3 Å². The lowest BCUT2D eigenvalue weighted by molar-refractivity contribution is -0.116. The molecule has 0 saturated heterocycles. The van der Waals surface area contributed by atoms with E-state index in [1.165, 1.54) is 31.2 Å². The maximum absolute atomic E-state index is 13.0. The second kappa shape index (κ2) is 10.3. The third-order valence-corrected chi connectivity index (χ3v) is 8.31. The van der Waals surface area contributed by atoms with Crippen molar-refractivity contribution in [3.8, 4) is 0 Å². The maximum Gasteiger partial charge on any atom is 0.261 e. The molecule has 0 spiro atoms. The van der Waals surface area contributed by atoms with E-state index < -0.39 is 32.0 Å². The van der Waals surface area contributed by atoms with Crippen LogP contribution in [-0.2, 0) is 24.8 Å². The van der Waals surface area contributed by atoms with Gasteiger partial charge in [-0.15, -0.1) is 0 Å². The zero-order valence-corrected chi connectivity index (χ0v) is 22.8. The number of hydrogen-bond donors (Lipinski definition) is 2. The Bertz CT molecular complexity index is 1460. The van der Waals surface area contributed by atoms with Crippen molar-refractivity contribution in [1.29, 1.82) is 0 Å². The van der Waals surface area contributed by atoms with Gasteiger partial charge in [-0.3, -0.25) is 13.8 Å². The molecule has 0 aromatic heterocycles. The zero-order valence-electron chi connectivity index (χ0n) is 21.2. The molecule has 0 bridgehead atoms. The predicted molar refractivity (Wildman–Crippen MR) is 144 cm³/mol. The number of carbonyl (C=O) groups excluding carboxylic acids is 1. The van der Waals surface area contributed by atoms with E-state index in [9.17, 15) is 21.6 Å². The molecular formula is C26H31N3O5S2. The molecule has 1 amide bonds. The van der Waals surface area contributed by atoms with Crippen molar-refractivity contribution in [2.24, 2.45) is 0 Å². The van der Waals surface area contributed by atoms with Gasteiger partial charge in [0.2, 0.25) is 15.9 Å². The van der Waals surface area contributed by atoms with Crippen LogP contribution in [0.2, 0.25) is 0 Å². The van der Waals surface area contributed by atoms with E-state index >= 15 is 0 Å². The zero-order chi connectivity index (χ0) is 26.8. The SMILES string of the molecule is Cc1cc(C)cc(N([C@@H](C)C(=O)Nc2ccc(S(=O)(=O)Nc3c(C)cccc3C)cc2)S(C)(=O)=O)c1. The molecule has 3 rings (SSSR count). The van der Waals surface area contributed by atoms with Crippen LogP contribution in [0.4, 0.5) is 17.1 Å². The molecule has 3 aromatic rings. The number of amides is 1. The van der Waals surface area contributed by atoms with Crippen LogP contribution in [0.25, 0.3) is 0 Å². The molecule has 0 aliphatic rings. The summed E-state index contributed by atoms with van der Waals surface area (Å²) in [5, 5.41) is 2.68. The van der Waals surface area contributed by atoms with Crippen LogP contribution in [0.15, 0.2) is 65.6 Å². The number of rotatable bonds is 8. The molecule has 192 valence electrons. The van der Waals surface area contributed by atoms with Crippen molar-refractivity contribution < 1.29 is 21.6 Å². The van der Waals surface area contributed by atoms with Gasteiger partial charge in [-0.2, -0.15) is 0 Å². The van der Waals surface area contributed by atoms with Gasteiger partial charge in [0, 0.05) is 5.69 Å². The van der Waals surface area contributed by atoms with E-state index in [2.05, 4.69) is 10.0 Å². The minimum Gasteiger partial charge on any atom is -0.324 e. The van der Waals surface area contributed by atoms with E-state index in [1.807, 2.05) is 52.0 Å². The van der Waals surface area contributed by atoms with Crippen molar-refractivity contribution >= 4 is 43.0 Å². The lowest BCUT2D eigenvalue weighted by atomic mass is 10.1. The molecule has 36 heavy (non-hydrogen) atoms. The number of aryl methyl sites for hydroxylation is 4. The summed E-state index contributed by atoms with van der Waals surface area (Å²) in [6.45, 7) is 8.85. The molecule has 2 N–H and O–H groups in total. The normalized spacial score (nSPS) is 12.6. The summed E-state index contributed by atoms with van der Waals surface area (Å²) in [5.41, 5.74) is 4.61. The summed E-state index contributed by atoms with van der Waals surface area (Å²) in [4.78, 5) is 13.0. The lowest BCUT2D eigenvalue weighted by Crippen LogP contribution is -2.45. The first kappa shape index (κ1) is 27.2. The number of hydrogen-bond acceptors (Lipinski definition) is 5. The molecule has 0 saturated carbocycles. The smallest absolute Gasteiger partial charge is 0.261 e. The minimum atomic E-state index is -3.85. The lowest BCUT2D eigenvalue weighted by Gasteiger charge is -2.28. The summed E-state index contributed by atoms with van der Waals surface area (Å²) in [6, 6.07) is 15.5. The van der Waals surface area contributed by atoms with Crippen LogP contribution in [-0.4, -0.2) is 35.0 Å². The summed E-state index contributed by atoms with van der Waals surface area (Å²) < 4.78 is 54.6. The minimum absolute atomic E-state index is 0.0317. The summed E-state index contributed by atoms with van der Waals surface area (Å²) >= 11 is 0. The van der Waals surface area contributed by atoms with Crippen molar-refractivity contribution in [1.82, 2.24) is 0 Å². The van der Waals surface area contributed by atoms with Gasteiger partial charge in [0.15, 0.2) is 0 Å². The van der Waals surface area contributed by atoms with Crippen LogP contribution >= 0.6 is 0 Å². The topological polar surface area (TPSA) is 113 Å². The van der Waals surface area contributed by atoms with Crippen molar-refractivity contribution in [2.45, 2.75) is 45.6 Å². The number of sulfonamides is 2. The molecule has 0 aliphatic carbocycles. The van der Waals surface area contributed by atoms with Crippen molar-refractivity contribution in [3.63, 3.8) is 0 Å². The molecule has 1 atom stereocenters. The maximum atomic E-state index is 13.0. The first-order valence-electron chi connectivity index (χ1n) is 11.3. The van der Waals surface area contributed by atoms with Crippen molar-refractivity contribution in [3.05, 3.63) is 82.9 Å². The molecule has 0 heterocycles. The predicted octanol–water partition coefficient (Wildman–Crippen LogP) is 4.51. The van der Waals surface area contributed by atoms with E-state index in [-0.39, 0.29) is 4.90 Å². The highest BCUT2D eigenvalue weighted by molar-refractivity contribution is 7.92. The molecule has 10 heteroatoms. The van der Waals surface area contributed by atoms with E-state index in [0.717, 1.165) is 32.8 Å². The fourth-order valence-electron chi connectivity index (χ4n) is 4.02. The Morgan fingerprint density at radius 3 is 1.86 bits per heavy atom. The monoisotopic (exact) mass is 529 g/mol. The van der Waals surface area contributed by atoms with Crippen LogP contribution < -0.4 is 14.3 Å². The van der Waals surface area contributed by atoms with E-state index in [4.69, 9.17) is 0 Å². The highest BCUT2D eigenvalue weighted by atomic mass is 32.2. The number of nitrogens with one attached hydrogen (secondary N) is 2. The Hall–Kier alpha value is -3.37. The highest BCUT2D eigenvalue weighted by Gasteiger charge is 2.29. The molecule has 0 unspecified atom stereocenters. The highest BCUT2D eigenvalue weighted by Crippen LogP contribution is 2.26. The van der Waals surface area contributed by atoms with Crippen molar-refractivity contribution in [2.75, 3.05) is 20.6 Å². The average Bonchev–Trinajstić information content (AvgIpc) is 2.75. The second-order valence-corrected chi connectivity index (χ2v) is 12.5. The van der Waals surface area contributed by atoms with Crippen LogP contribution in [0.5, 0.6) is 0 Å². The summed E-state index contributed by atoms with van der Waals surface area (Å²) in [6.07, 6.45) is 1.05. The van der Waals surface area contributed by atoms with Crippen LogP contribution in [0.3, 0.4) is 0 Å². The molecule has 0 fully saturated rings. The molecule has 8 nitrogen and oxygen atoms in total. The number of carbonyl (C=O) groups is 1. The first-order chi connectivity index (χ1) is 16.7. The number of para-hydroxylation sites is 1. The first-order valence-corrected chi connectivity index (χ1v) is 14.6. The Balaban J connectivity index is 1.81. The molecule has 0 aliphatic heterocycles. The molecule has 0 radical (unpaired) electrons. The summed E-state index contributed by atoms with van der Waals surface area (Å²) in [7, 11) is -7.61. The van der Waals surface area contributed by atoms with Gasteiger partial charge in [0.25, 0.3) is 10.0 Å². The Kier molecular flexibility index (Phi) is 7.80. The Labute approximate surface area is 213 Å². The molecule has 3 aromatic carbocycles. The third kappa shape index (κ3) is 6.24. The third-order valence-electron chi connectivity index (χ3n) is 5.70. The largest absolute Gasteiger partial charge is 0.324 e. The standard InChI is InChI=1S/C26H31N3O5S2/c1-17-14-18(2)16-23(15-17)29(35(6,31)32)21(5)26(30)27-22-10-12-24(13-11-22)36(33,34)28-25-19(3)8-7-9-20(25)4/h7-16,21,28H,1-6H3,(H,27,30)/t21-/m0/s1. The van der Waals surface area contributed by atoms with Gasteiger partial charge in [-0.25, -0.2) is 16.8 Å². The van der Waals surface area contributed by atoms with Gasteiger partial charge >= 0.3 is 0 Å². The number of benzene rings is 3. The number of anilines is 3. The van der Waals surface area contributed by atoms with Gasteiger partial charge < -0.3 is 5.32 Å². The Morgan fingerprint density at radius 1 is 0.833 bits per heavy atom. The quantitative estimate of drug-likeness (QED) is 0.446. The van der Waals surface area contributed by atoms with E-state index in [1.54, 1.807) is 12.1 Å². The summed E-state index contributed by atoms with van der Waals surface area (Å²) in [5.74, 6) is -0.552. The fraction of sp³-hybridized carbons (Fsp3) is 0.269. The average molecular weight is 530 g/mol. The molecular weight excluding hydrogens is 498 g/mol. The van der Waals surface area contributed by atoms with Gasteiger partial charge in [0.05, 0.1) is 22.5 Å². The van der Waals surface area contributed by atoms with Crippen LogP contribution in [0.1, 0.15) is 29.2 Å². The fourth-order valence-corrected chi connectivity index (χ4v) is 6.38. The second-order valence-electron chi connectivity index (χ2n) is 8.97. The Morgan fingerprint density at radius 2 is 1.36 bits per heavy atom. The number of nitrogens with zero attached hydrogens (tertiary/aromatic N) is 1. The van der Waals surface area contributed by atoms with Crippen LogP contribution in [0, 0.1) is 27.7 Å². The van der Waals surface area contributed by atoms with Gasteiger partial charge in [-0.05, 0) is 93.3 Å².